The van der Waals surface area contributed by atoms with Crippen molar-refractivity contribution in [2.45, 2.75) is 25.5 Å². The molecule has 1 aromatic rings. The number of nitrogens with zero attached hydrogens (tertiary/aromatic N) is 1. The number of carboxylic acids is 1. The third-order valence-corrected chi connectivity index (χ3v) is 5.61. The number of hydrogen-bond acceptors (Lipinski definition) is 4. The molecule has 0 aromatic heterocycles. The van der Waals surface area contributed by atoms with Crippen molar-refractivity contribution >= 4 is 21.7 Å². The summed E-state index contributed by atoms with van der Waals surface area (Å²) >= 11 is 0. The summed E-state index contributed by atoms with van der Waals surface area (Å²) in [4.78, 5) is 11.2. The lowest BCUT2D eigenvalue weighted by molar-refractivity contribution is 0.0692. The van der Waals surface area contributed by atoms with E-state index in [2.05, 4.69) is 0 Å². The fourth-order valence-electron chi connectivity index (χ4n) is 1.97. The molecular weight excluding hydrogens is 282 g/mol. The fourth-order valence-corrected chi connectivity index (χ4v) is 3.35. The minimum absolute atomic E-state index is 0.0312. The lowest BCUT2D eigenvalue weighted by atomic mass is 10.1. The van der Waals surface area contributed by atoms with Crippen molar-refractivity contribution in [3.63, 3.8) is 0 Å². The summed E-state index contributed by atoms with van der Waals surface area (Å²) in [6, 6.07) is 4.47. The maximum Gasteiger partial charge on any atom is 0.339 e. The molecule has 0 fully saturated rings. The maximum atomic E-state index is 12.6. The van der Waals surface area contributed by atoms with E-state index >= 15 is 0 Å². The first kappa shape index (κ1) is 14.6. The quantitative estimate of drug-likeness (QED) is 0.898. The molecule has 1 aromatic carbocycles. The molecule has 0 saturated carbocycles. The first-order valence-electron chi connectivity index (χ1n) is 6.17. The van der Waals surface area contributed by atoms with Gasteiger partial charge in [0.15, 0.2) is 5.75 Å². The van der Waals surface area contributed by atoms with Gasteiger partial charge in [-0.1, -0.05) is 6.07 Å². The zero-order valence-corrected chi connectivity index (χ0v) is 12.4. The van der Waals surface area contributed by atoms with Gasteiger partial charge in [-0.15, -0.1) is 0 Å². The van der Waals surface area contributed by atoms with Gasteiger partial charge in [0, 0.05) is 0 Å². The van der Waals surface area contributed by atoms with Crippen molar-refractivity contribution < 1.29 is 23.1 Å². The van der Waals surface area contributed by atoms with Crippen LogP contribution in [0.1, 0.15) is 31.1 Å². The van der Waals surface area contributed by atoms with Gasteiger partial charge in [-0.05, 0) is 32.9 Å². The highest BCUT2D eigenvalue weighted by molar-refractivity contribution is 7.94. The average Bonchev–Trinajstić information content (AvgIpc) is 2.35. The fraction of sp³-hybridized carbons (Fsp3) is 0.462. The molecule has 2 rings (SSSR count). The molecule has 1 N–H and O–H groups in total. The molecule has 1 heterocycles. The highest BCUT2D eigenvalue weighted by atomic mass is 32.2. The number of carboxylic acid groups (broad SMARTS) is 1. The van der Waals surface area contributed by atoms with E-state index < -0.39 is 20.7 Å². The Morgan fingerprint density at radius 3 is 2.55 bits per heavy atom. The molecule has 1 aliphatic heterocycles. The zero-order valence-electron chi connectivity index (χ0n) is 11.6. The highest BCUT2D eigenvalue weighted by Gasteiger charge is 2.39. The Kier molecular flexibility index (Phi) is 3.41. The van der Waals surface area contributed by atoms with Gasteiger partial charge < -0.3 is 9.84 Å². The monoisotopic (exact) mass is 299 g/mol. The molecule has 6 nitrogen and oxygen atoms in total. The van der Waals surface area contributed by atoms with Crippen molar-refractivity contribution in [1.82, 2.24) is 0 Å². The summed E-state index contributed by atoms with van der Waals surface area (Å²) in [6.45, 7) is 5.14. The second-order valence-electron chi connectivity index (χ2n) is 5.50. The van der Waals surface area contributed by atoms with Crippen molar-refractivity contribution in [3.05, 3.63) is 23.8 Å². The number of ether oxygens (including phenoxy) is 1. The summed E-state index contributed by atoms with van der Waals surface area (Å²) in [5.41, 5.74) is 0.252. The molecule has 0 saturated heterocycles. The number of anilines is 1. The first-order chi connectivity index (χ1) is 9.16. The van der Waals surface area contributed by atoms with E-state index in [-0.39, 0.29) is 30.2 Å². The maximum absolute atomic E-state index is 12.6. The molecule has 7 heteroatoms. The van der Waals surface area contributed by atoms with Crippen LogP contribution in [0, 0.1) is 0 Å². The van der Waals surface area contributed by atoms with Crippen molar-refractivity contribution in [3.8, 4) is 5.75 Å². The van der Waals surface area contributed by atoms with Crippen LogP contribution < -0.4 is 9.04 Å². The second-order valence-corrected chi connectivity index (χ2v) is 8.11. The minimum atomic E-state index is -3.59. The molecular formula is C13H17NO5S. The van der Waals surface area contributed by atoms with Gasteiger partial charge in [0.1, 0.15) is 12.2 Å². The Balaban J connectivity index is 2.61. The van der Waals surface area contributed by atoms with E-state index in [0.717, 1.165) is 0 Å². The molecule has 0 bridgehead atoms. The predicted molar refractivity (Wildman–Crippen MR) is 74.9 cm³/mol. The van der Waals surface area contributed by atoms with E-state index in [1.807, 2.05) is 0 Å². The Hall–Kier alpha value is -1.76. The lowest BCUT2D eigenvalue weighted by Crippen LogP contribution is -2.46. The number of hydrogen-bond donors (Lipinski definition) is 1. The SMILES string of the molecule is CC(C)(C)S(=O)(=O)N1CCOc2c(C(=O)O)cccc21. The molecule has 0 radical (unpaired) electrons. The largest absolute Gasteiger partial charge is 0.489 e. The summed E-state index contributed by atoms with van der Waals surface area (Å²) in [7, 11) is -3.59. The minimum Gasteiger partial charge on any atom is -0.489 e. The molecule has 20 heavy (non-hydrogen) atoms. The molecule has 0 aliphatic carbocycles. The predicted octanol–water partition coefficient (Wildman–Crippen LogP) is 1.71. The van der Waals surface area contributed by atoms with E-state index in [9.17, 15) is 13.2 Å². The van der Waals surface area contributed by atoms with Crippen LogP contribution in [0.2, 0.25) is 0 Å². The highest BCUT2D eigenvalue weighted by Crippen LogP contribution is 2.38. The van der Waals surface area contributed by atoms with Gasteiger partial charge in [-0.3, -0.25) is 4.31 Å². The van der Waals surface area contributed by atoms with Crippen LogP contribution in [-0.2, 0) is 10.0 Å². The topological polar surface area (TPSA) is 83.9 Å². The molecule has 1 aliphatic rings. The Labute approximate surface area is 118 Å². The standard InChI is InChI=1S/C13H17NO5S/c1-13(2,3)20(17,18)14-7-8-19-11-9(12(15)16)5-4-6-10(11)14/h4-6H,7-8H2,1-3H3,(H,15,16). The van der Waals surface area contributed by atoms with E-state index in [1.165, 1.54) is 16.4 Å². The average molecular weight is 299 g/mol. The third-order valence-electron chi connectivity index (χ3n) is 3.10. The lowest BCUT2D eigenvalue weighted by Gasteiger charge is -2.35. The van der Waals surface area contributed by atoms with Crippen LogP contribution in [-0.4, -0.2) is 37.4 Å². The first-order valence-corrected chi connectivity index (χ1v) is 7.61. The summed E-state index contributed by atoms with van der Waals surface area (Å²) < 4.78 is 30.8. The Bertz CT molecular complexity index is 645. The van der Waals surface area contributed by atoms with Crippen LogP contribution in [0.15, 0.2) is 18.2 Å². The van der Waals surface area contributed by atoms with Crippen LogP contribution in [0.5, 0.6) is 5.75 Å². The van der Waals surface area contributed by atoms with Crippen LogP contribution in [0.4, 0.5) is 5.69 Å². The molecule has 0 unspecified atom stereocenters. The van der Waals surface area contributed by atoms with Crippen LogP contribution in [0.3, 0.4) is 0 Å². The number of benzene rings is 1. The van der Waals surface area contributed by atoms with Gasteiger partial charge in [-0.2, -0.15) is 0 Å². The summed E-state index contributed by atoms with van der Waals surface area (Å²) in [5.74, 6) is -1.03. The van der Waals surface area contributed by atoms with E-state index in [0.29, 0.717) is 0 Å². The smallest absolute Gasteiger partial charge is 0.339 e. The zero-order chi connectivity index (χ0) is 15.1. The van der Waals surface area contributed by atoms with Gasteiger partial charge >= 0.3 is 5.97 Å². The third kappa shape index (κ3) is 2.22. The van der Waals surface area contributed by atoms with Crippen molar-refractivity contribution in [2.75, 3.05) is 17.5 Å². The number of carbonyl (C=O) groups is 1. The molecule has 0 spiro atoms. The molecule has 0 amide bonds. The number of sulfonamides is 1. The van der Waals surface area contributed by atoms with Crippen LogP contribution >= 0.6 is 0 Å². The van der Waals surface area contributed by atoms with Gasteiger partial charge in [0.25, 0.3) is 0 Å². The number of fused-ring (bicyclic) bond motifs is 1. The Morgan fingerprint density at radius 2 is 2.00 bits per heavy atom. The van der Waals surface area contributed by atoms with E-state index in [4.69, 9.17) is 9.84 Å². The van der Waals surface area contributed by atoms with Gasteiger partial charge in [-0.25, -0.2) is 13.2 Å². The van der Waals surface area contributed by atoms with Crippen LogP contribution in [0.25, 0.3) is 0 Å². The van der Waals surface area contributed by atoms with Crippen molar-refractivity contribution in [2.24, 2.45) is 0 Å². The van der Waals surface area contributed by atoms with Crippen molar-refractivity contribution in [1.29, 1.82) is 0 Å². The van der Waals surface area contributed by atoms with E-state index in [1.54, 1.807) is 26.8 Å². The second kappa shape index (κ2) is 4.66. The van der Waals surface area contributed by atoms with Gasteiger partial charge in [0.2, 0.25) is 10.0 Å². The summed E-state index contributed by atoms with van der Waals surface area (Å²) in [5, 5.41) is 9.14. The molecule has 110 valence electrons. The number of rotatable bonds is 2. The molecule has 0 atom stereocenters. The Morgan fingerprint density at radius 1 is 1.35 bits per heavy atom. The normalized spacial score (nSPS) is 15.4. The number of aromatic carboxylic acids is 1. The van der Waals surface area contributed by atoms with Gasteiger partial charge in [0.05, 0.1) is 17.0 Å². The number of para-hydroxylation sites is 1. The summed E-state index contributed by atoms with van der Waals surface area (Å²) in [6.07, 6.45) is 0.